The molecule has 0 spiro atoms. The third-order valence-corrected chi connectivity index (χ3v) is 3.67. The third-order valence-electron chi connectivity index (χ3n) is 3.67. The number of rotatable bonds is 3. The molecule has 0 radical (unpaired) electrons. The molecule has 14 heavy (non-hydrogen) atoms. The summed E-state index contributed by atoms with van der Waals surface area (Å²) in [5.41, 5.74) is 0. The molecule has 2 nitrogen and oxygen atoms in total. The zero-order chi connectivity index (χ0) is 9.97. The Balaban J connectivity index is 1.76. The summed E-state index contributed by atoms with van der Waals surface area (Å²) in [6.45, 7) is 9.87. The average Bonchev–Trinajstić information content (AvgIpc) is 2.69. The summed E-state index contributed by atoms with van der Waals surface area (Å²) in [5.74, 6) is 1.86. The molecule has 2 aliphatic heterocycles. The molecule has 0 aromatic heterocycles. The highest BCUT2D eigenvalue weighted by Crippen LogP contribution is 2.25. The van der Waals surface area contributed by atoms with Gasteiger partial charge >= 0.3 is 0 Å². The van der Waals surface area contributed by atoms with Crippen molar-refractivity contribution in [1.82, 2.24) is 10.2 Å². The van der Waals surface area contributed by atoms with Gasteiger partial charge in [0.25, 0.3) is 0 Å². The molecule has 2 aliphatic rings. The van der Waals surface area contributed by atoms with Crippen LogP contribution in [0.5, 0.6) is 0 Å². The van der Waals surface area contributed by atoms with Crippen LogP contribution in [-0.4, -0.2) is 37.1 Å². The Kier molecular flexibility index (Phi) is 3.45. The summed E-state index contributed by atoms with van der Waals surface area (Å²) in [4.78, 5) is 2.72. The van der Waals surface area contributed by atoms with Gasteiger partial charge in [0, 0.05) is 19.1 Å². The first kappa shape index (κ1) is 10.4. The maximum absolute atomic E-state index is 3.46. The summed E-state index contributed by atoms with van der Waals surface area (Å²) < 4.78 is 0. The maximum Gasteiger partial charge on any atom is 0.0232 e. The van der Waals surface area contributed by atoms with E-state index in [2.05, 4.69) is 24.1 Å². The fraction of sp³-hybridized carbons (Fsp3) is 1.00. The molecule has 2 fully saturated rings. The van der Waals surface area contributed by atoms with E-state index in [-0.39, 0.29) is 0 Å². The van der Waals surface area contributed by atoms with Crippen molar-refractivity contribution in [3.05, 3.63) is 0 Å². The number of hydrogen-bond donors (Lipinski definition) is 1. The third kappa shape index (κ3) is 2.48. The van der Waals surface area contributed by atoms with Crippen LogP contribution in [0.25, 0.3) is 0 Å². The Morgan fingerprint density at radius 3 is 2.86 bits per heavy atom. The van der Waals surface area contributed by atoms with Crippen LogP contribution in [0.4, 0.5) is 0 Å². The summed E-state index contributed by atoms with van der Waals surface area (Å²) in [6.07, 6.45) is 4.24. The van der Waals surface area contributed by atoms with E-state index < -0.39 is 0 Å². The van der Waals surface area contributed by atoms with Gasteiger partial charge in [-0.1, -0.05) is 13.8 Å². The number of likely N-dealkylation sites (tertiary alicyclic amines) is 1. The molecular formula is C12H24N2. The van der Waals surface area contributed by atoms with Crippen molar-refractivity contribution in [1.29, 1.82) is 0 Å². The van der Waals surface area contributed by atoms with Crippen molar-refractivity contribution in [2.45, 2.75) is 39.2 Å². The van der Waals surface area contributed by atoms with E-state index in [1.807, 2.05) is 0 Å². The van der Waals surface area contributed by atoms with Crippen LogP contribution in [0, 0.1) is 11.8 Å². The Morgan fingerprint density at radius 2 is 2.21 bits per heavy atom. The van der Waals surface area contributed by atoms with E-state index in [9.17, 15) is 0 Å². The van der Waals surface area contributed by atoms with Gasteiger partial charge in [-0.3, -0.25) is 4.90 Å². The van der Waals surface area contributed by atoms with E-state index in [0.29, 0.717) is 0 Å². The normalized spacial score (nSPS) is 34.5. The zero-order valence-electron chi connectivity index (χ0n) is 9.63. The smallest absolute Gasteiger partial charge is 0.0232 e. The quantitative estimate of drug-likeness (QED) is 0.739. The largest absolute Gasteiger partial charge is 0.315 e. The van der Waals surface area contributed by atoms with Gasteiger partial charge < -0.3 is 5.32 Å². The van der Waals surface area contributed by atoms with E-state index in [0.717, 1.165) is 17.9 Å². The van der Waals surface area contributed by atoms with Gasteiger partial charge in [0.15, 0.2) is 0 Å². The zero-order valence-corrected chi connectivity index (χ0v) is 9.63. The van der Waals surface area contributed by atoms with Gasteiger partial charge in [-0.15, -0.1) is 0 Å². The molecule has 2 rings (SSSR count). The second-order valence-electron chi connectivity index (χ2n) is 5.43. The highest BCUT2D eigenvalue weighted by molar-refractivity contribution is 4.86. The molecule has 0 aromatic carbocycles. The highest BCUT2D eigenvalue weighted by Gasteiger charge is 2.29. The predicted octanol–water partition coefficient (Wildman–Crippen LogP) is 1.72. The lowest BCUT2D eigenvalue weighted by atomic mass is 9.97. The lowest BCUT2D eigenvalue weighted by Gasteiger charge is -2.23. The van der Waals surface area contributed by atoms with Gasteiger partial charge in [-0.05, 0) is 44.2 Å². The SMILES string of the molecule is CC(C)CC1CCN(C2CCNC2)C1. The van der Waals surface area contributed by atoms with E-state index in [1.54, 1.807) is 0 Å². The fourth-order valence-corrected chi connectivity index (χ4v) is 3.00. The van der Waals surface area contributed by atoms with Gasteiger partial charge in [-0.25, -0.2) is 0 Å². The second-order valence-corrected chi connectivity index (χ2v) is 5.43. The van der Waals surface area contributed by atoms with Crippen molar-refractivity contribution < 1.29 is 0 Å². The van der Waals surface area contributed by atoms with E-state index in [4.69, 9.17) is 0 Å². The van der Waals surface area contributed by atoms with Gasteiger partial charge in [0.1, 0.15) is 0 Å². The van der Waals surface area contributed by atoms with Crippen molar-refractivity contribution in [2.24, 2.45) is 11.8 Å². The second kappa shape index (κ2) is 4.63. The molecule has 0 amide bonds. The minimum Gasteiger partial charge on any atom is -0.315 e. The summed E-state index contributed by atoms with van der Waals surface area (Å²) >= 11 is 0. The molecule has 0 bridgehead atoms. The van der Waals surface area contributed by atoms with Crippen LogP contribution < -0.4 is 5.32 Å². The Morgan fingerprint density at radius 1 is 1.36 bits per heavy atom. The van der Waals surface area contributed by atoms with Gasteiger partial charge in [-0.2, -0.15) is 0 Å². The molecular weight excluding hydrogens is 172 g/mol. The first-order valence-corrected chi connectivity index (χ1v) is 6.20. The van der Waals surface area contributed by atoms with Crippen molar-refractivity contribution in [3.8, 4) is 0 Å². The minimum absolute atomic E-state index is 0.854. The molecule has 2 saturated heterocycles. The Hall–Kier alpha value is -0.0800. The number of hydrogen-bond acceptors (Lipinski definition) is 2. The molecule has 2 heteroatoms. The molecule has 0 aliphatic carbocycles. The molecule has 0 aromatic rings. The van der Waals surface area contributed by atoms with Crippen LogP contribution in [0.1, 0.15) is 33.1 Å². The van der Waals surface area contributed by atoms with Crippen molar-refractivity contribution in [3.63, 3.8) is 0 Å². The molecule has 2 unspecified atom stereocenters. The molecule has 1 N–H and O–H groups in total. The molecule has 2 atom stereocenters. The van der Waals surface area contributed by atoms with Crippen LogP contribution in [0.2, 0.25) is 0 Å². The number of nitrogens with one attached hydrogen (secondary N) is 1. The first-order chi connectivity index (χ1) is 6.75. The number of nitrogens with zero attached hydrogens (tertiary/aromatic N) is 1. The van der Waals surface area contributed by atoms with Crippen molar-refractivity contribution in [2.75, 3.05) is 26.2 Å². The fourth-order valence-electron chi connectivity index (χ4n) is 3.00. The topological polar surface area (TPSA) is 15.3 Å². The molecule has 0 saturated carbocycles. The Labute approximate surface area is 88.1 Å². The summed E-state index contributed by atoms with van der Waals surface area (Å²) in [6, 6.07) is 0.854. The van der Waals surface area contributed by atoms with Crippen LogP contribution in [0.3, 0.4) is 0 Å². The average molecular weight is 196 g/mol. The van der Waals surface area contributed by atoms with Gasteiger partial charge in [0.05, 0.1) is 0 Å². The standard InChI is InChI=1S/C12H24N2/c1-10(2)7-11-4-6-14(9-11)12-3-5-13-8-12/h10-13H,3-9H2,1-2H3. The summed E-state index contributed by atoms with van der Waals surface area (Å²) in [5, 5.41) is 3.46. The lowest BCUT2D eigenvalue weighted by molar-refractivity contribution is 0.243. The van der Waals surface area contributed by atoms with Crippen molar-refractivity contribution >= 4 is 0 Å². The van der Waals surface area contributed by atoms with Gasteiger partial charge in [0.2, 0.25) is 0 Å². The van der Waals surface area contributed by atoms with Crippen LogP contribution in [-0.2, 0) is 0 Å². The predicted molar refractivity (Wildman–Crippen MR) is 60.4 cm³/mol. The maximum atomic E-state index is 3.46. The van der Waals surface area contributed by atoms with E-state index in [1.165, 1.54) is 45.4 Å². The van der Waals surface area contributed by atoms with E-state index >= 15 is 0 Å². The monoisotopic (exact) mass is 196 g/mol. The molecule has 82 valence electrons. The first-order valence-electron chi connectivity index (χ1n) is 6.20. The van der Waals surface area contributed by atoms with Crippen LogP contribution in [0.15, 0.2) is 0 Å². The Bertz CT molecular complexity index is 173. The molecule has 2 heterocycles. The highest BCUT2D eigenvalue weighted by atomic mass is 15.2. The summed E-state index contributed by atoms with van der Waals surface area (Å²) in [7, 11) is 0. The lowest BCUT2D eigenvalue weighted by Crippen LogP contribution is -2.35. The van der Waals surface area contributed by atoms with Crippen LogP contribution >= 0.6 is 0 Å². The minimum atomic E-state index is 0.854.